The average Bonchev–Trinajstić information content (AvgIpc) is 2.46. The summed E-state index contributed by atoms with van der Waals surface area (Å²) in [6, 6.07) is 0. The smallest absolute Gasteiger partial charge is 0.322 e. The molecular formula is C11H7F5O3S2. The first kappa shape index (κ1) is 17.6. The number of hydrogen-bond donors (Lipinski definition) is 0. The molecule has 21 heavy (non-hydrogen) atoms. The van der Waals surface area contributed by atoms with Gasteiger partial charge in [0.15, 0.2) is 0 Å². The number of rotatable bonds is 4. The Balaban J connectivity index is 2.84. The summed E-state index contributed by atoms with van der Waals surface area (Å²) in [5.41, 5.74) is 0. The van der Waals surface area contributed by atoms with E-state index in [0.29, 0.717) is 11.8 Å². The SMILES string of the molecule is CCOC(=S)SCC(=O)Oc1c(F)c(F)c(F)c(F)c1F. The highest BCUT2D eigenvalue weighted by atomic mass is 32.2. The van der Waals surface area contributed by atoms with E-state index in [1.807, 2.05) is 0 Å². The van der Waals surface area contributed by atoms with Crippen molar-refractivity contribution >= 4 is 34.3 Å². The van der Waals surface area contributed by atoms with Crippen LogP contribution in [0.1, 0.15) is 6.92 Å². The second kappa shape index (κ2) is 7.55. The molecule has 0 N–H and O–H groups in total. The van der Waals surface area contributed by atoms with Gasteiger partial charge in [0.05, 0.1) is 6.61 Å². The Morgan fingerprint density at radius 3 is 2.00 bits per heavy atom. The zero-order valence-corrected chi connectivity index (χ0v) is 12.0. The standard InChI is InChI=1S/C11H7F5O3S2/c1-2-18-11(20)21-3-4(17)19-10-8(15)6(13)5(12)7(14)9(10)16/h2-3H2,1H3. The topological polar surface area (TPSA) is 35.5 Å². The maximum absolute atomic E-state index is 13.2. The molecule has 0 saturated carbocycles. The quantitative estimate of drug-likeness (QED) is 0.209. The van der Waals surface area contributed by atoms with Gasteiger partial charge in [-0.3, -0.25) is 4.79 Å². The monoisotopic (exact) mass is 346 g/mol. The summed E-state index contributed by atoms with van der Waals surface area (Å²) in [4.78, 5) is 11.3. The lowest BCUT2D eigenvalue weighted by atomic mass is 10.2. The highest BCUT2D eigenvalue weighted by Crippen LogP contribution is 2.29. The highest BCUT2D eigenvalue weighted by Gasteiger charge is 2.28. The molecule has 0 amide bonds. The van der Waals surface area contributed by atoms with Crippen molar-refractivity contribution in [3.05, 3.63) is 29.1 Å². The number of esters is 1. The second-order valence-corrected chi connectivity index (χ2v) is 4.92. The molecule has 1 aromatic rings. The fourth-order valence-corrected chi connectivity index (χ4v) is 1.89. The number of hydrogen-bond acceptors (Lipinski definition) is 5. The first-order chi connectivity index (χ1) is 9.79. The van der Waals surface area contributed by atoms with Crippen LogP contribution in [-0.2, 0) is 9.53 Å². The number of carbonyl (C=O) groups is 1. The van der Waals surface area contributed by atoms with Crippen LogP contribution in [0.2, 0.25) is 0 Å². The number of carbonyl (C=O) groups excluding carboxylic acids is 1. The minimum absolute atomic E-state index is 0.0214. The van der Waals surface area contributed by atoms with Gasteiger partial charge in [-0.05, 0) is 19.1 Å². The molecule has 0 aromatic heterocycles. The van der Waals surface area contributed by atoms with E-state index >= 15 is 0 Å². The lowest BCUT2D eigenvalue weighted by Gasteiger charge is -2.09. The van der Waals surface area contributed by atoms with Gasteiger partial charge in [0.2, 0.25) is 39.2 Å². The van der Waals surface area contributed by atoms with Crippen LogP contribution in [0.15, 0.2) is 0 Å². The minimum atomic E-state index is -2.34. The summed E-state index contributed by atoms with van der Waals surface area (Å²) in [5.74, 6) is -14.6. The minimum Gasteiger partial charge on any atom is -0.479 e. The molecule has 0 saturated heterocycles. The molecule has 0 radical (unpaired) electrons. The molecule has 10 heteroatoms. The van der Waals surface area contributed by atoms with E-state index in [4.69, 9.17) is 4.74 Å². The summed E-state index contributed by atoms with van der Waals surface area (Å²) >= 11 is 5.34. The maximum atomic E-state index is 13.2. The van der Waals surface area contributed by atoms with E-state index < -0.39 is 46.6 Å². The van der Waals surface area contributed by atoms with Gasteiger partial charge in [-0.15, -0.1) is 0 Å². The fraction of sp³-hybridized carbons (Fsp3) is 0.273. The molecule has 1 rings (SSSR count). The average molecular weight is 346 g/mol. The van der Waals surface area contributed by atoms with Crippen LogP contribution in [0.3, 0.4) is 0 Å². The van der Waals surface area contributed by atoms with Crippen molar-refractivity contribution in [3.8, 4) is 5.75 Å². The number of thiocarbonyl (C=S) groups is 1. The molecule has 0 bridgehead atoms. The van der Waals surface area contributed by atoms with Gasteiger partial charge in [0.25, 0.3) is 0 Å². The highest BCUT2D eigenvalue weighted by molar-refractivity contribution is 8.23. The summed E-state index contributed by atoms with van der Waals surface area (Å²) in [5, 5.41) is 0. The molecule has 0 spiro atoms. The van der Waals surface area contributed by atoms with Crippen LogP contribution >= 0.6 is 24.0 Å². The number of benzene rings is 1. The maximum Gasteiger partial charge on any atom is 0.322 e. The third kappa shape index (κ3) is 4.27. The Hall–Kier alpha value is -1.42. The molecule has 1 aromatic carbocycles. The molecule has 0 aliphatic heterocycles. The molecule has 0 heterocycles. The van der Waals surface area contributed by atoms with Crippen molar-refractivity contribution in [2.24, 2.45) is 0 Å². The Morgan fingerprint density at radius 1 is 1.05 bits per heavy atom. The molecule has 3 nitrogen and oxygen atoms in total. The van der Waals surface area contributed by atoms with Crippen LogP contribution in [0.4, 0.5) is 22.0 Å². The molecule has 0 atom stereocenters. The van der Waals surface area contributed by atoms with Crippen LogP contribution in [0, 0.1) is 29.1 Å². The van der Waals surface area contributed by atoms with Crippen LogP contribution in [0.5, 0.6) is 5.75 Å². The third-order valence-electron chi connectivity index (χ3n) is 1.96. The van der Waals surface area contributed by atoms with E-state index in [1.54, 1.807) is 6.92 Å². The predicted octanol–water partition coefficient (Wildman–Crippen LogP) is 3.34. The summed E-state index contributed by atoms with van der Waals surface area (Å²) in [7, 11) is 0. The molecule has 0 fully saturated rings. The van der Waals surface area contributed by atoms with Crippen molar-refractivity contribution in [3.63, 3.8) is 0 Å². The van der Waals surface area contributed by atoms with Gasteiger partial charge >= 0.3 is 5.97 Å². The van der Waals surface area contributed by atoms with Gasteiger partial charge in [0, 0.05) is 0 Å². The summed E-state index contributed by atoms with van der Waals surface area (Å²) in [6.07, 6.45) is 0. The molecule has 0 aliphatic rings. The number of thioether (sulfide) groups is 1. The van der Waals surface area contributed by atoms with Crippen LogP contribution < -0.4 is 4.74 Å². The lowest BCUT2D eigenvalue weighted by molar-refractivity contribution is -0.131. The zero-order chi connectivity index (χ0) is 16.2. The second-order valence-electron chi connectivity index (χ2n) is 3.34. The van der Waals surface area contributed by atoms with Crippen molar-refractivity contribution in [2.45, 2.75) is 6.92 Å². The Labute approximate surface area is 125 Å². The normalized spacial score (nSPS) is 10.4. The third-order valence-corrected chi connectivity index (χ3v) is 3.16. The van der Waals surface area contributed by atoms with Gasteiger partial charge in [-0.25, -0.2) is 13.2 Å². The number of ether oxygens (including phenoxy) is 2. The van der Waals surface area contributed by atoms with E-state index in [-0.39, 0.29) is 11.0 Å². The van der Waals surface area contributed by atoms with Crippen molar-refractivity contribution in [1.82, 2.24) is 0 Å². The van der Waals surface area contributed by atoms with Gasteiger partial charge < -0.3 is 9.47 Å². The van der Waals surface area contributed by atoms with Gasteiger partial charge in [-0.1, -0.05) is 11.8 Å². The summed E-state index contributed by atoms with van der Waals surface area (Å²) in [6.45, 7) is 1.89. The lowest BCUT2D eigenvalue weighted by Crippen LogP contribution is -2.16. The predicted molar refractivity (Wildman–Crippen MR) is 68.5 cm³/mol. The first-order valence-electron chi connectivity index (χ1n) is 5.31. The van der Waals surface area contributed by atoms with Crippen LogP contribution in [0.25, 0.3) is 0 Å². The molecular weight excluding hydrogens is 339 g/mol. The van der Waals surface area contributed by atoms with Crippen molar-refractivity contribution in [1.29, 1.82) is 0 Å². The van der Waals surface area contributed by atoms with Crippen LogP contribution in [-0.4, -0.2) is 22.7 Å². The summed E-state index contributed by atoms with van der Waals surface area (Å²) < 4.78 is 73.9. The zero-order valence-electron chi connectivity index (χ0n) is 10.3. The van der Waals surface area contributed by atoms with Gasteiger partial charge in [0.1, 0.15) is 5.75 Å². The largest absolute Gasteiger partial charge is 0.479 e. The van der Waals surface area contributed by atoms with E-state index in [9.17, 15) is 26.7 Å². The van der Waals surface area contributed by atoms with Crippen molar-refractivity contribution in [2.75, 3.05) is 12.4 Å². The van der Waals surface area contributed by atoms with Gasteiger partial charge in [-0.2, -0.15) is 8.78 Å². The Bertz CT molecular complexity index is 550. The van der Waals surface area contributed by atoms with E-state index in [1.165, 1.54) is 0 Å². The van der Waals surface area contributed by atoms with E-state index in [2.05, 4.69) is 17.0 Å². The van der Waals surface area contributed by atoms with E-state index in [0.717, 1.165) is 0 Å². The Kier molecular flexibility index (Phi) is 6.34. The molecule has 0 unspecified atom stereocenters. The molecule has 0 aliphatic carbocycles. The first-order valence-corrected chi connectivity index (χ1v) is 6.70. The fourth-order valence-electron chi connectivity index (χ4n) is 1.10. The Morgan fingerprint density at radius 2 is 1.52 bits per heavy atom. The van der Waals surface area contributed by atoms with Crippen molar-refractivity contribution < 1.29 is 36.2 Å². The number of halogens is 5. The molecule has 116 valence electrons.